The largest absolute Gasteiger partial charge is 0.482 e. The average Bonchev–Trinajstić information content (AvgIpc) is 3.06. The van der Waals surface area contributed by atoms with Gasteiger partial charge in [-0.3, -0.25) is 0 Å². The first-order chi connectivity index (χ1) is 13.2. The van der Waals surface area contributed by atoms with Gasteiger partial charge in [0.15, 0.2) is 6.61 Å². The molecule has 1 aromatic carbocycles. The topological polar surface area (TPSA) is 65.1 Å². The van der Waals surface area contributed by atoms with Crippen LogP contribution in [-0.4, -0.2) is 54.1 Å². The lowest BCUT2D eigenvalue weighted by Crippen LogP contribution is -2.40. The van der Waals surface area contributed by atoms with Crippen LogP contribution in [0.25, 0.3) is 0 Å². The lowest BCUT2D eigenvalue weighted by molar-refractivity contribution is -0.145. The number of ether oxygens (including phenoxy) is 3. The van der Waals surface area contributed by atoms with Crippen molar-refractivity contribution in [2.45, 2.75) is 64.0 Å². The molecule has 0 radical (unpaired) electrons. The molecular formula is C21H31NO5S. The fourth-order valence-corrected chi connectivity index (χ4v) is 4.13. The third kappa shape index (κ3) is 6.93. The minimum Gasteiger partial charge on any atom is -0.482 e. The normalized spacial score (nSPS) is 16.8. The molecule has 6 nitrogen and oxygen atoms in total. The molecule has 0 saturated carbocycles. The van der Waals surface area contributed by atoms with Crippen molar-refractivity contribution in [2.75, 3.05) is 25.5 Å². The molecule has 1 atom stereocenters. The van der Waals surface area contributed by atoms with Crippen LogP contribution in [0.3, 0.4) is 0 Å². The second-order valence-electron chi connectivity index (χ2n) is 7.80. The van der Waals surface area contributed by atoms with Gasteiger partial charge >= 0.3 is 12.1 Å². The van der Waals surface area contributed by atoms with Crippen molar-refractivity contribution in [2.24, 2.45) is 0 Å². The number of hydrogen-bond donors (Lipinski definition) is 0. The van der Waals surface area contributed by atoms with E-state index in [9.17, 15) is 9.59 Å². The van der Waals surface area contributed by atoms with E-state index in [0.717, 1.165) is 35.6 Å². The Balaban J connectivity index is 1.89. The van der Waals surface area contributed by atoms with E-state index in [1.807, 2.05) is 50.8 Å². The van der Waals surface area contributed by atoms with E-state index in [2.05, 4.69) is 0 Å². The highest BCUT2D eigenvalue weighted by Gasteiger charge is 2.32. The summed E-state index contributed by atoms with van der Waals surface area (Å²) in [5.74, 6) is 1.12. The van der Waals surface area contributed by atoms with Gasteiger partial charge in [0.1, 0.15) is 11.4 Å². The smallest absolute Gasteiger partial charge is 0.410 e. The lowest BCUT2D eigenvalue weighted by Gasteiger charge is -2.28. The minimum atomic E-state index is -0.478. The number of likely N-dealkylation sites (tertiary alicyclic amines) is 1. The maximum absolute atomic E-state index is 12.4. The molecule has 0 N–H and O–H groups in total. The molecule has 1 amide bonds. The molecule has 1 aromatic rings. The van der Waals surface area contributed by atoms with Crippen molar-refractivity contribution in [1.82, 2.24) is 4.90 Å². The first kappa shape index (κ1) is 22.4. The van der Waals surface area contributed by atoms with Crippen LogP contribution < -0.4 is 4.74 Å². The molecule has 7 heteroatoms. The number of hydrogen-bond acceptors (Lipinski definition) is 6. The molecule has 28 heavy (non-hydrogen) atoms. The summed E-state index contributed by atoms with van der Waals surface area (Å²) in [5.41, 5.74) is 0.484. The quantitative estimate of drug-likeness (QED) is 0.490. The summed E-state index contributed by atoms with van der Waals surface area (Å²) < 4.78 is 15.9. The van der Waals surface area contributed by atoms with Crippen LogP contribution in [0.1, 0.15) is 46.1 Å². The highest BCUT2D eigenvalue weighted by atomic mass is 32.2. The van der Waals surface area contributed by atoms with E-state index in [1.165, 1.54) is 0 Å². The van der Waals surface area contributed by atoms with Gasteiger partial charge in [0.25, 0.3) is 0 Å². The number of esters is 1. The van der Waals surface area contributed by atoms with Gasteiger partial charge in [0, 0.05) is 23.2 Å². The Hall–Kier alpha value is -1.89. The summed E-state index contributed by atoms with van der Waals surface area (Å²) in [6.07, 6.45) is 1.77. The van der Waals surface area contributed by atoms with E-state index in [4.69, 9.17) is 14.2 Å². The number of amides is 1. The van der Waals surface area contributed by atoms with Crippen molar-refractivity contribution in [3.63, 3.8) is 0 Å². The molecule has 156 valence electrons. The molecule has 1 aliphatic heterocycles. The van der Waals surface area contributed by atoms with E-state index in [-0.39, 0.29) is 24.7 Å². The second kappa shape index (κ2) is 10.0. The second-order valence-corrected chi connectivity index (χ2v) is 8.90. The summed E-state index contributed by atoms with van der Waals surface area (Å²) in [5, 5.41) is 0. The highest BCUT2D eigenvalue weighted by molar-refractivity contribution is 7.99. The summed E-state index contributed by atoms with van der Waals surface area (Å²) in [4.78, 5) is 26.8. The predicted molar refractivity (Wildman–Crippen MR) is 110 cm³/mol. The van der Waals surface area contributed by atoms with E-state index >= 15 is 0 Å². The Labute approximate surface area is 171 Å². The first-order valence-electron chi connectivity index (χ1n) is 9.71. The van der Waals surface area contributed by atoms with Gasteiger partial charge in [-0.2, -0.15) is 0 Å². The van der Waals surface area contributed by atoms with Crippen LogP contribution in [-0.2, 0) is 14.3 Å². The van der Waals surface area contributed by atoms with E-state index in [1.54, 1.807) is 18.7 Å². The Morgan fingerprint density at radius 1 is 1.29 bits per heavy atom. The third-order valence-electron chi connectivity index (χ3n) is 4.24. The van der Waals surface area contributed by atoms with E-state index < -0.39 is 5.60 Å². The lowest BCUT2D eigenvalue weighted by atomic mass is 10.2. The summed E-state index contributed by atoms with van der Waals surface area (Å²) in [6, 6.07) is 6.07. The molecule has 2 rings (SSSR count). The van der Waals surface area contributed by atoms with Gasteiger partial charge in [-0.15, -0.1) is 11.8 Å². The number of carbonyl (C=O) groups excluding carboxylic acids is 2. The Morgan fingerprint density at radius 3 is 2.68 bits per heavy atom. The van der Waals surface area contributed by atoms with Crippen molar-refractivity contribution in [1.29, 1.82) is 0 Å². The third-order valence-corrected chi connectivity index (χ3v) is 5.38. The monoisotopic (exact) mass is 409 g/mol. The van der Waals surface area contributed by atoms with Crippen LogP contribution in [0, 0.1) is 6.92 Å². The Kier molecular flexibility index (Phi) is 8.04. The zero-order valence-electron chi connectivity index (χ0n) is 17.4. The first-order valence-corrected chi connectivity index (χ1v) is 10.7. The molecule has 0 bridgehead atoms. The molecule has 1 unspecified atom stereocenters. The van der Waals surface area contributed by atoms with Crippen molar-refractivity contribution >= 4 is 23.8 Å². The molecule has 1 fully saturated rings. The fourth-order valence-electron chi connectivity index (χ4n) is 2.98. The molecule has 1 saturated heterocycles. The summed E-state index contributed by atoms with van der Waals surface area (Å²) in [7, 11) is 0. The number of aryl methyl sites for hydroxylation is 1. The highest BCUT2D eigenvalue weighted by Crippen LogP contribution is 2.30. The summed E-state index contributed by atoms with van der Waals surface area (Å²) >= 11 is 1.72. The zero-order valence-corrected chi connectivity index (χ0v) is 18.3. The van der Waals surface area contributed by atoms with Crippen molar-refractivity contribution in [3.05, 3.63) is 23.8 Å². The number of rotatable bonds is 7. The number of nitrogens with zero attached hydrogens (tertiary/aromatic N) is 1. The molecule has 1 aliphatic rings. The molecule has 1 heterocycles. The Bertz CT molecular complexity index is 686. The predicted octanol–water partition coefficient (Wildman–Crippen LogP) is 4.43. The van der Waals surface area contributed by atoms with Gasteiger partial charge in [0.05, 0.1) is 6.61 Å². The van der Waals surface area contributed by atoms with Crippen molar-refractivity contribution < 1.29 is 23.8 Å². The molecule has 0 aromatic heterocycles. The molecular weight excluding hydrogens is 378 g/mol. The van der Waals surface area contributed by atoms with Crippen LogP contribution in [0.15, 0.2) is 23.1 Å². The standard InChI is InChI=1S/C21H31NO5S/c1-6-25-19(23)13-26-18-10-9-17(12-15(18)2)28-14-16-8-7-11-22(16)20(24)27-21(3,4)5/h9-10,12,16H,6-8,11,13-14H2,1-5H3. The fraction of sp³-hybridized carbons (Fsp3) is 0.619. The van der Waals surface area contributed by atoms with Gasteiger partial charge in [0.2, 0.25) is 0 Å². The SMILES string of the molecule is CCOC(=O)COc1ccc(SCC2CCCN2C(=O)OC(C)(C)C)cc1C. The van der Waals surface area contributed by atoms with Crippen molar-refractivity contribution in [3.8, 4) is 5.75 Å². The zero-order chi connectivity index (χ0) is 20.7. The maximum Gasteiger partial charge on any atom is 0.410 e. The number of benzene rings is 1. The minimum absolute atomic E-state index is 0.0892. The van der Waals surface area contributed by atoms with Gasteiger partial charge in [-0.1, -0.05) is 0 Å². The van der Waals surface area contributed by atoms with Crippen LogP contribution in [0.5, 0.6) is 5.75 Å². The molecule has 0 aliphatic carbocycles. The van der Waals surface area contributed by atoms with Crippen LogP contribution in [0.2, 0.25) is 0 Å². The average molecular weight is 410 g/mol. The molecule has 0 spiro atoms. The van der Waals surface area contributed by atoms with E-state index in [0.29, 0.717) is 12.4 Å². The van der Waals surface area contributed by atoms with Gasteiger partial charge < -0.3 is 19.1 Å². The van der Waals surface area contributed by atoms with Gasteiger partial charge in [-0.05, 0) is 71.2 Å². The van der Waals surface area contributed by atoms with Crippen LogP contribution >= 0.6 is 11.8 Å². The van der Waals surface area contributed by atoms with Crippen LogP contribution in [0.4, 0.5) is 4.79 Å². The summed E-state index contributed by atoms with van der Waals surface area (Å²) in [6.45, 7) is 10.4. The van der Waals surface area contributed by atoms with Gasteiger partial charge in [-0.25, -0.2) is 9.59 Å². The Morgan fingerprint density at radius 2 is 2.04 bits per heavy atom. The number of thioether (sulfide) groups is 1. The number of carbonyl (C=O) groups is 2. The maximum atomic E-state index is 12.4.